The van der Waals surface area contributed by atoms with Gasteiger partial charge in [0.2, 0.25) is 0 Å². The molecule has 0 heterocycles. The van der Waals surface area contributed by atoms with E-state index in [1.807, 2.05) is 0 Å². The lowest BCUT2D eigenvalue weighted by molar-refractivity contribution is -0.145. The molecule has 3 N–H and O–H groups in total. The average Bonchev–Trinajstić information content (AvgIpc) is 2.22. The van der Waals surface area contributed by atoms with Gasteiger partial charge in [-0.25, -0.2) is 9.18 Å². The molecular formula is C10H12FNO4. The van der Waals surface area contributed by atoms with Crippen LogP contribution in [0.25, 0.3) is 0 Å². The van der Waals surface area contributed by atoms with Gasteiger partial charge in [-0.3, -0.25) is 0 Å². The van der Waals surface area contributed by atoms with Crippen molar-refractivity contribution in [2.75, 3.05) is 18.9 Å². The monoisotopic (exact) mass is 229 g/mol. The SMILES string of the molecule is CCOC(=O)COc1cc(N)c(F)cc1O. The number of rotatable bonds is 4. The molecular weight excluding hydrogens is 217 g/mol. The van der Waals surface area contributed by atoms with Crippen LogP contribution < -0.4 is 10.5 Å². The van der Waals surface area contributed by atoms with Crippen LogP contribution in [0.5, 0.6) is 11.5 Å². The minimum Gasteiger partial charge on any atom is -0.504 e. The van der Waals surface area contributed by atoms with Gasteiger partial charge in [0.15, 0.2) is 18.1 Å². The number of hydrogen-bond donors (Lipinski definition) is 2. The van der Waals surface area contributed by atoms with Crippen LogP contribution in [0, 0.1) is 5.82 Å². The van der Waals surface area contributed by atoms with E-state index in [4.69, 9.17) is 10.5 Å². The van der Waals surface area contributed by atoms with Crippen molar-refractivity contribution in [1.29, 1.82) is 0 Å². The Morgan fingerprint density at radius 1 is 1.56 bits per heavy atom. The smallest absolute Gasteiger partial charge is 0.344 e. The van der Waals surface area contributed by atoms with E-state index in [9.17, 15) is 14.3 Å². The van der Waals surface area contributed by atoms with Crippen molar-refractivity contribution in [3.63, 3.8) is 0 Å². The number of carbonyl (C=O) groups excluding carboxylic acids is 1. The maximum atomic E-state index is 12.8. The lowest BCUT2D eigenvalue weighted by Gasteiger charge is -2.08. The number of benzene rings is 1. The van der Waals surface area contributed by atoms with E-state index in [0.29, 0.717) is 0 Å². The van der Waals surface area contributed by atoms with Gasteiger partial charge < -0.3 is 20.3 Å². The van der Waals surface area contributed by atoms with Gasteiger partial charge in [-0.15, -0.1) is 0 Å². The zero-order valence-electron chi connectivity index (χ0n) is 8.70. The van der Waals surface area contributed by atoms with Crippen LogP contribution in [-0.2, 0) is 9.53 Å². The van der Waals surface area contributed by atoms with Gasteiger partial charge >= 0.3 is 5.97 Å². The molecule has 0 saturated carbocycles. The number of halogens is 1. The predicted octanol–water partition coefficient (Wildman–Crippen LogP) is 1.06. The van der Waals surface area contributed by atoms with E-state index >= 15 is 0 Å². The number of esters is 1. The van der Waals surface area contributed by atoms with Crippen LogP contribution in [-0.4, -0.2) is 24.3 Å². The number of phenols is 1. The molecule has 16 heavy (non-hydrogen) atoms. The first-order valence-electron chi connectivity index (χ1n) is 4.61. The first kappa shape index (κ1) is 12.1. The largest absolute Gasteiger partial charge is 0.504 e. The number of hydrogen-bond acceptors (Lipinski definition) is 5. The second-order valence-electron chi connectivity index (χ2n) is 2.94. The van der Waals surface area contributed by atoms with Crippen LogP contribution >= 0.6 is 0 Å². The number of anilines is 1. The van der Waals surface area contributed by atoms with Crippen molar-refractivity contribution in [3.05, 3.63) is 17.9 Å². The first-order valence-corrected chi connectivity index (χ1v) is 4.61. The molecule has 0 atom stereocenters. The number of nitrogens with two attached hydrogens (primary N) is 1. The molecule has 0 amide bonds. The molecule has 6 heteroatoms. The zero-order valence-corrected chi connectivity index (χ0v) is 8.70. The van der Waals surface area contributed by atoms with Crippen LogP contribution in [0.3, 0.4) is 0 Å². The second-order valence-corrected chi connectivity index (χ2v) is 2.94. The average molecular weight is 229 g/mol. The van der Waals surface area contributed by atoms with Crippen LogP contribution in [0.15, 0.2) is 12.1 Å². The quantitative estimate of drug-likeness (QED) is 0.458. The number of aromatic hydroxyl groups is 1. The molecule has 0 spiro atoms. The molecule has 1 aromatic carbocycles. The van der Waals surface area contributed by atoms with Crippen LogP contribution in [0.1, 0.15) is 6.92 Å². The van der Waals surface area contributed by atoms with E-state index in [0.717, 1.165) is 12.1 Å². The molecule has 5 nitrogen and oxygen atoms in total. The highest BCUT2D eigenvalue weighted by Crippen LogP contribution is 2.30. The summed E-state index contributed by atoms with van der Waals surface area (Å²) in [5.41, 5.74) is 5.10. The zero-order chi connectivity index (χ0) is 12.1. The van der Waals surface area contributed by atoms with E-state index in [2.05, 4.69) is 4.74 Å². The summed E-state index contributed by atoms with van der Waals surface area (Å²) < 4.78 is 22.4. The molecule has 1 aromatic rings. The Kier molecular flexibility index (Phi) is 3.93. The molecule has 0 aromatic heterocycles. The van der Waals surface area contributed by atoms with Gasteiger partial charge in [-0.1, -0.05) is 0 Å². The highest BCUT2D eigenvalue weighted by molar-refractivity contribution is 5.71. The summed E-state index contributed by atoms with van der Waals surface area (Å²) in [6, 6.07) is 1.92. The fourth-order valence-electron chi connectivity index (χ4n) is 1.01. The topological polar surface area (TPSA) is 81.8 Å². The fraction of sp³-hybridized carbons (Fsp3) is 0.300. The van der Waals surface area contributed by atoms with Gasteiger partial charge in [0.1, 0.15) is 5.82 Å². The third kappa shape index (κ3) is 3.01. The van der Waals surface area contributed by atoms with E-state index in [-0.39, 0.29) is 24.7 Å². The fourth-order valence-corrected chi connectivity index (χ4v) is 1.01. The van der Waals surface area contributed by atoms with E-state index in [1.54, 1.807) is 6.92 Å². The summed E-state index contributed by atoms with van der Waals surface area (Å²) in [6.07, 6.45) is 0. The molecule has 0 aliphatic rings. The number of ether oxygens (including phenoxy) is 2. The highest BCUT2D eigenvalue weighted by atomic mass is 19.1. The van der Waals surface area contributed by atoms with Gasteiger partial charge in [-0.05, 0) is 6.92 Å². The van der Waals surface area contributed by atoms with Gasteiger partial charge in [0, 0.05) is 12.1 Å². The number of nitrogen functional groups attached to an aromatic ring is 1. The predicted molar refractivity (Wildman–Crippen MR) is 54.6 cm³/mol. The summed E-state index contributed by atoms with van der Waals surface area (Å²) in [5, 5.41) is 9.29. The lowest BCUT2D eigenvalue weighted by atomic mass is 10.2. The number of carbonyl (C=O) groups is 1. The molecule has 1 rings (SSSR count). The Labute approximate surface area is 91.6 Å². The van der Waals surface area contributed by atoms with Gasteiger partial charge in [0.25, 0.3) is 0 Å². The Bertz CT molecular complexity index is 395. The molecule has 0 unspecified atom stereocenters. The summed E-state index contributed by atoms with van der Waals surface area (Å²) in [4.78, 5) is 10.9. The lowest BCUT2D eigenvalue weighted by Crippen LogP contribution is -2.14. The van der Waals surface area contributed by atoms with Crippen LogP contribution in [0.2, 0.25) is 0 Å². The van der Waals surface area contributed by atoms with Crippen molar-refractivity contribution in [2.24, 2.45) is 0 Å². The summed E-state index contributed by atoms with van der Waals surface area (Å²) in [7, 11) is 0. The van der Waals surface area contributed by atoms with Crippen molar-refractivity contribution in [3.8, 4) is 11.5 Å². The third-order valence-corrected chi connectivity index (χ3v) is 1.73. The summed E-state index contributed by atoms with van der Waals surface area (Å²) in [6.45, 7) is 1.53. The number of phenolic OH excluding ortho intramolecular Hbond substituents is 1. The third-order valence-electron chi connectivity index (χ3n) is 1.73. The normalized spacial score (nSPS) is 9.88. The van der Waals surface area contributed by atoms with Gasteiger partial charge in [0.05, 0.1) is 12.3 Å². The maximum absolute atomic E-state index is 12.8. The second kappa shape index (κ2) is 5.20. The summed E-state index contributed by atoms with van der Waals surface area (Å²) in [5.74, 6) is -1.81. The minimum atomic E-state index is -0.749. The molecule has 0 bridgehead atoms. The minimum absolute atomic E-state index is 0.0630. The Morgan fingerprint density at radius 2 is 2.25 bits per heavy atom. The molecule has 0 aliphatic heterocycles. The maximum Gasteiger partial charge on any atom is 0.344 e. The van der Waals surface area contributed by atoms with Crippen molar-refractivity contribution < 1.29 is 23.8 Å². The molecule has 0 radical (unpaired) electrons. The standard InChI is InChI=1S/C10H12FNO4/c1-2-15-10(14)5-16-9-4-7(12)6(11)3-8(9)13/h3-4,13H,2,5,12H2,1H3. The van der Waals surface area contributed by atoms with Crippen molar-refractivity contribution in [1.82, 2.24) is 0 Å². The van der Waals surface area contributed by atoms with Gasteiger partial charge in [-0.2, -0.15) is 0 Å². The Morgan fingerprint density at radius 3 is 2.88 bits per heavy atom. The van der Waals surface area contributed by atoms with Crippen molar-refractivity contribution >= 4 is 11.7 Å². The highest BCUT2D eigenvalue weighted by Gasteiger charge is 2.10. The molecule has 0 aliphatic carbocycles. The Balaban J connectivity index is 2.67. The van der Waals surface area contributed by atoms with Crippen LogP contribution in [0.4, 0.5) is 10.1 Å². The Hall–Kier alpha value is -1.98. The van der Waals surface area contributed by atoms with E-state index < -0.39 is 17.5 Å². The first-order chi connectivity index (χ1) is 7.54. The van der Waals surface area contributed by atoms with E-state index in [1.165, 1.54) is 0 Å². The molecule has 88 valence electrons. The molecule has 0 saturated heterocycles. The van der Waals surface area contributed by atoms with Crippen molar-refractivity contribution in [2.45, 2.75) is 6.92 Å². The summed E-state index contributed by atoms with van der Waals surface area (Å²) >= 11 is 0. The molecule has 0 fully saturated rings.